The lowest BCUT2D eigenvalue weighted by Gasteiger charge is -2.04. The van der Waals surface area contributed by atoms with Crippen LogP contribution in [0.3, 0.4) is 0 Å². The molecule has 0 saturated carbocycles. The maximum atomic E-state index is 5.16. The number of halogens is 1. The molecule has 0 atom stereocenters. The Labute approximate surface area is 130 Å². The fourth-order valence-electron chi connectivity index (χ4n) is 1.93. The van der Waals surface area contributed by atoms with E-state index in [1.54, 1.807) is 7.11 Å². The summed E-state index contributed by atoms with van der Waals surface area (Å²) in [5, 5.41) is 8.52. The largest absolute Gasteiger partial charge is 0.497 e. The molecular formula is C15H12IN3O. The van der Waals surface area contributed by atoms with Crippen molar-refractivity contribution in [2.45, 2.75) is 0 Å². The molecule has 100 valence electrons. The summed E-state index contributed by atoms with van der Waals surface area (Å²) in [5.74, 6) is 0.826. The summed E-state index contributed by atoms with van der Waals surface area (Å²) in [7, 11) is 1.65. The van der Waals surface area contributed by atoms with Gasteiger partial charge in [-0.1, -0.05) is 35.5 Å². The Morgan fingerprint density at radius 2 is 1.70 bits per heavy atom. The molecule has 0 saturated heterocycles. The van der Waals surface area contributed by atoms with E-state index in [9.17, 15) is 0 Å². The Balaban J connectivity index is 2.01. The van der Waals surface area contributed by atoms with Crippen molar-refractivity contribution < 1.29 is 4.74 Å². The van der Waals surface area contributed by atoms with E-state index in [1.165, 1.54) is 0 Å². The van der Waals surface area contributed by atoms with Crippen molar-refractivity contribution in [1.29, 1.82) is 0 Å². The maximum absolute atomic E-state index is 5.16. The van der Waals surface area contributed by atoms with Crippen LogP contribution in [0, 0.1) is 3.70 Å². The molecule has 0 unspecified atom stereocenters. The fraction of sp³-hybridized carbons (Fsp3) is 0.0667. The van der Waals surface area contributed by atoms with Crippen LogP contribution < -0.4 is 4.74 Å². The SMILES string of the molecule is COc1ccc(-n2nnc(-c3ccccc3)c2I)cc1. The zero-order chi connectivity index (χ0) is 13.9. The van der Waals surface area contributed by atoms with Crippen molar-refractivity contribution in [2.75, 3.05) is 7.11 Å². The minimum atomic E-state index is 0.826. The van der Waals surface area contributed by atoms with Gasteiger partial charge in [-0.05, 0) is 46.9 Å². The summed E-state index contributed by atoms with van der Waals surface area (Å²) in [5.41, 5.74) is 2.92. The van der Waals surface area contributed by atoms with Crippen LogP contribution in [0.15, 0.2) is 54.6 Å². The van der Waals surface area contributed by atoms with Gasteiger partial charge in [-0.3, -0.25) is 0 Å². The van der Waals surface area contributed by atoms with Crippen molar-refractivity contribution in [3.8, 4) is 22.7 Å². The van der Waals surface area contributed by atoms with Crippen LogP contribution in [0.25, 0.3) is 16.9 Å². The quantitative estimate of drug-likeness (QED) is 0.656. The van der Waals surface area contributed by atoms with Crippen molar-refractivity contribution in [1.82, 2.24) is 15.0 Å². The molecule has 5 heteroatoms. The second-order valence-electron chi connectivity index (χ2n) is 4.20. The van der Waals surface area contributed by atoms with Crippen LogP contribution in [0.4, 0.5) is 0 Å². The van der Waals surface area contributed by atoms with E-state index in [0.29, 0.717) is 0 Å². The highest BCUT2D eigenvalue weighted by Crippen LogP contribution is 2.25. The standard InChI is InChI=1S/C15H12IN3O/c1-20-13-9-7-12(8-10-13)19-15(16)14(17-18-19)11-5-3-2-4-6-11/h2-10H,1H3. The third-order valence-electron chi connectivity index (χ3n) is 2.98. The van der Waals surface area contributed by atoms with Crippen LogP contribution in [0.1, 0.15) is 0 Å². The number of nitrogens with zero attached hydrogens (tertiary/aromatic N) is 3. The number of aromatic nitrogens is 3. The van der Waals surface area contributed by atoms with E-state index in [-0.39, 0.29) is 0 Å². The highest BCUT2D eigenvalue weighted by atomic mass is 127. The zero-order valence-electron chi connectivity index (χ0n) is 10.8. The predicted molar refractivity (Wildman–Crippen MR) is 86.1 cm³/mol. The molecule has 0 aliphatic heterocycles. The van der Waals surface area contributed by atoms with Gasteiger partial charge in [-0.15, -0.1) is 5.10 Å². The molecule has 0 spiro atoms. The molecule has 0 fully saturated rings. The van der Waals surface area contributed by atoms with Crippen LogP contribution in [0.2, 0.25) is 0 Å². The minimum absolute atomic E-state index is 0.826. The van der Waals surface area contributed by atoms with Gasteiger partial charge in [-0.25, -0.2) is 4.68 Å². The Kier molecular flexibility index (Phi) is 3.68. The number of ether oxygens (including phenoxy) is 1. The summed E-state index contributed by atoms with van der Waals surface area (Å²) < 4.78 is 7.97. The average Bonchev–Trinajstić information content (AvgIpc) is 2.90. The molecule has 0 N–H and O–H groups in total. The lowest BCUT2D eigenvalue weighted by atomic mass is 10.2. The number of methoxy groups -OCH3 is 1. The molecule has 20 heavy (non-hydrogen) atoms. The van der Waals surface area contributed by atoms with Gasteiger partial charge in [0.1, 0.15) is 15.1 Å². The first-order chi connectivity index (χ1) is 9.79. The molecule has 0 radical (unpaired) electrons. The van der Waals surface area contributed by atoms with Gasteiger partial charge in [0, 0.05) is 5.56 Å². The Morgan fingerprint density at radius 1 is 1.00 bits per heavy atom. The molecular weight excluding hydrogens is 365 g/mol. The van der Waals surface area contributed by atoms with E-state index in [1.807, 2.05) is 59.3 Å². The minimum Gasteiger partial charge on any atom is -0.497 e. The van der Waals surface area contributed by atoms with Gasteiger partial charge in [-0.2, -0.15) is 0 Å². The topological polar surface area (TPSA) is 39.9 Å². The summed E-state index contributed by atoms with van der Waals surface area (Å²) in [6, 6.07) is 17.8. The van der Waals surface area contributed by atoms with E-state index >= 15 is 0 Å². The van der Waals surface area contributed by atoms with Crippen molar-refractivity contribution in [3.05, 3.63) is 58.3 Å². The summed E-state index contributed by atoms with van der Waals surface area (Å²) >= 11 is 2.27. The highest BCUT2D eigenvalue weighted by molar-refractivity contribution is 14.1. The molecule has 0 bridgehead atoms. The van der Waals surface area contributed by atoms with Gasteiger partial charge in [0.15, 0.2) is 0 Å². The van der Waals surface area contributed by atoms with E-state index in [2.05, 4.69) is 32.9 Å². The Morgan fingerprint density at radius 3 is 2.35 bits per heavy atom. The summed E-state index contributed by atoms with van der Waals surface area (Å²) in [4.78, 5) is 0. The third kappa shape index (κ3) is 2.40. The van der Waals surface area contributed by atoms with E-state index in [0.717, 1.165) is 26.4 Å². The first kappa shape index (κ1) is 13.1. The molecule has 0 aliphatic carbocycles. The predicted octanol–water partition coefficient (Wildman–Crippen LogP) is 3.55. The molecule has 1 heterocycles. The second-order valence-corrected chi connectivity index (χ2v) is 5.23. The van der Waals surface area contributed by atoms with Gasteiger partial charge >= 0.3 is 0 Å². The van der Waals surface area contributed by atoms with Crippen molar-refractivity contribution in [2.24, 2.45) is 0 Å². The second kappa shape index (κ2) is 5.62. The molecule has 4 nitrogen and oxygen atoms in total. The lowest BCUT2D eigenvalue weighted by molar-refractivity contribution is 0.414. The normalized spacial score (nSPS) is 10.5. The maximum Gasteiger partial charge on any atom is 0.133 e. The first-order valence-electron chi connectivity index (χ1n) is 6.10. The molecule has 0 amide bonds. The van der Waals surface area contributed by atoms with E-state index < -0.39 is 0 Å². The Hall–Kier alpha value is -1.89. The van der Waals surface area contributed by atoms with Crippen LogP contribution in [-0.4, -0.2) is 22.1 Å². The highest BCUT2D eigenvalue weighted by Gasteiger charge is 2.13. The van der Waals surface area contributed by atoms with Gasteiger partial charge < -0.3 is 4.74 Å². The van der Waals surface area contributed by atoms with Crippen molar-refractivity contribution in [3.63, 3.8) is 0 Å². The van der Waals surface area contributed by atoms with Gasteiger partial charge in [0.25, 0.3) is 0 Å². The molecule has 3 aromatic rings. The van der Waals surface area contributed by atoms with E-state index in [4.69, 9.17) is 4.74 Å². The monoisotopic (exact) mass is 377 g/mol. The summed E-state index contributed by atoms with van der Waals surface area (Å²) in [6.07, 6.45) is 0. The number of rotatable bonds is 3. The van der Waals surface area contributed by atoms with Crippen LogP contribution in [0.5, 0.6) is 5.75 Å². The molecule has 2 aromatic carbocycles. The van der Waals surface area contributed by atoms with Gasteiger partial charge in [0.2, 0.25) is 0 Å². The van der Waals surface area contributed by atoms with Crippen LogP contribution >= 0.6 is 22.6 Å². The third-order valence-corrected chi connectivity index (χ3v) is 3.95. The average molecular weight is 377 g/mol. The molecule has 1 aromatic heterocycles. The fourth-order valence-corrected chi connectivity index (χ4v) is 2.73. The first-order valence-corrected chi connectivity index (χ1v) is 7.18. The number of hydrogen-bond donors (Lipinski definition) is 0. The van der Waals surface area contributed by atoms with Crippen LogP contribution in [-0.2, 0) is 0 Å². The zero-order valence-corrected chi connectivity index (χ0v) is 13.0. The summed E-state index contributed by atoms with van der Waals surface area (Å²) in [6.45, 7) is 0. The smallest absolute Gasteiger partial charge is 0.133 e. The van der Waals surface area contributed by atoms with Gasteiger partial charge in [0.05, 0.1) is 12.8 Å². The number of hydrogen-bond acceptors (Lipinski definition) is 3. The Bertz CT molecular complexity index is 708. The molecule has 0 aliphatic rings. The molecule has 3 rings (SSSR count). The lowest BCUT2D eigenvalue weighted by Crippen LogP contribution is -1.99. The number of benzene rings is 2. The van der Waals surface area contributed by atoms with Crippen molar-refractivity contribution >= 4 is 22.6 Å².